The van der Waals surface area contributed by atoms with E-state index in [0.29, 0.717) is 17.3 Å². The Morgan fingerprint density at radius 3 is 2.89 bits per heavy atom. The average molecular weight is 326 g/mol. The first-order chi connectivity index (χ1) is 8.97. The van der Waals surface area contributed by atoms with Gasteiger partial charge in [-0.1, -0.05) is 0 Å². The molecule has 1 aliphatic heterocycles. The summed E-state index contributed by atoms with van der Waals surface area (Å²) in [6, 6.07) is 6.04. The monoisotopic (exact) mass is 325 g/mol. The van der Waals surface area contributed by atoms with Crippen LogP contribution in [-0.2, 0) is 0 Å². The highest BCUT2D eigenvalue weighted by molar-refractivity contribution is 9.10. The molecule has 104 valence electrons. The van der Waals surface area contributed by atoms with E-state index in [-0.39, 0.29) is 11.9 Å². The molecule has 4 nitrogen and oxygen atoms in total. The van der Waals surface area contributed by atoms with E-state index in [1.54, 1.807) is 18.2 Å². The summed E-state index contributed by atoms with van der Waals surface area (Å²) in [7, 11) is 2.12. The summed E-state index contributed by atoms with van der Waals surface area (Å²) in [5.74, 6) is -0.0255. The molecule has 5 heteroatoms. The number of nitrogens with one attached hydrogen (secondary N) is 1. The van der Waals surface area contributed by atoms with Gasteiger partial charge in [-0.15, -0.1) is 0 Å². The molecule has 0 aliphatic carbocycles. The number of hydrogen-bond acceptors (Lipinski definition) is 3. The molecule has 0 saturated carbocycles. The van der Waals surface area contributed by atoms with Crippen LogP contribution in [0.5, 0.6) is 0 Å². The lowest BCUT2D eigenvalue weighted by atomic mass is 9.98. The number of amides is 1. The molecule has 2 rings (SSSR count). The number of carbonyl (C=O) groups is 1. The van der Waals surface area contributed by atoms with Gasteiger partial charge in [-0.2, -0.15) is 0 Å². The highest BCUT2D eigenvalue weighted by atomic mass is 79.9. The Labute approximate surface area is 122 Å². The van der Waals surface area contributed by atoms with Gasteiger partial charge in [0.05, 0.1) is 0 Å². The average Bonchev–Trinajstić information content (AvgIpc) is 2.37. The number of hydrogen-bond donors (Lipinski definition) is 2. The molecule has 1 saturated heterocycles. The molecular weight excluding hydrogens is 306 g/mol. The fourth-order valence-corrected chi connectivity index (χ4v) is 2.74. The summed E-state index contributed by atoms with van der Waals surface area (Å²) in [5.41, 5.74) is 7.01. The molecule has 1 aromatic rings. The quantitative estimate of drug-likeness (QED) is 0.820. The lowest BCUT2D eigenvalue weighted by Gasteiger charge is -2.35. The minimum absolute atomic E-state index is 0.0255. The van der Waals surface area contributed by atoms with Crippen molar-refractivity contribution in [1.82, 2.24) is 10.2 Å². The molecule has 2 unspecified atom stereocenters. The number of carbonyl (C=O) groups excluding carboxylic acids is 1. The number of nitrogens with two attached hydrogens (primary N) is 1. The van der Waals surface area contributed by atoms with E-state index in [4.69, 9.17) is 5.73 Å². The maximum atomic E-state index is 12.2. The molecule has 1 amide bonds. The lowest BCUT2D eigenvalue weighted by molar-refractivity contribution is 0.0896. The zero-order valence-corrected chi connectivity index (χ0v) is 12.9. The van der Waals surface area contributed by atoms with Crippen LogP contribution in [0, 0.1) is 0 Å². The molecule has 1 aromatic carbocycles. The SMILES string of the molecule is CC1CC(NC(=O)c2ccc(N)c(Br)c2)CCN1C. The van der Waals surface area contributed by atoms with Gasteiger partial charge in [0.15, 0.2) is 0 Å². The van der Waals surface area contributed by atoms with E-state index in [1.807, 2.05) is 0 Å². The predicted molar refractivity (Wildman–Crippen MR) is 81.1 cm³/mol. The molecule has 0 bridgehead atoms. The zero-order chi connectivity index (χ0) is 14.0. The molecular formula is C14H20BrN3O. The van der Waals surface area contributed by atoms with Crippen molar-refractivity contribution >= 4 is 27.5 Å². The molecule has 19 heavy (non-hydrogen) atoms. The first kappa shape index (κ1) is 14.3. The Hall–Kier alpha value is -1.07. The maximum absolute atomic E-state index is 12.2. The third-order valence-electron chi connectivity index (χ3n) is 3.81. The van der Waals surface area contributed by atoms with Gasteiger partial charge in [-0.3, -0.25) is 4.79 Å². The van der Waals surface area contributed by atoms with E-state index in [1.165, 1.54) is 0 Å². The van der Waals surface area contributed by atoms with Crippen LogP contribution in [0.15, 0.2) is 22.7 Å². The van der Waals surface area contributed by atoms with Crippen LogP contribution in [0.3, 0.4) is 0 Å². The summed E-state index contributed by atoms with van der Waals surface area (Å²) in [6.07, 6.45) is 2.00. The van der Waals surface area contributed by atoms with Crippen molar-refractivity contribution in [2.24, 2.45) is 0 Å². The number of halogens is 1. The van der Waals surface area contributed by atoms with E-state index in [0.717, 1.165) is 23.9 Å². The topological polar surface area (TPSA) is 58.4 Å². The van der Waals surface area contributed by atoms with Crippen LogP contribution in [0.4, 0.5) is 5.69 Å². The van der Waals surface area contributed by atoms with Crippen molar-refractivity contribution in [1.29, 1.82) is 0 Å². The lowest BCUT2D eigenvalue weighted by Crippen LogP contribution is -2.47. The third kappa shape index (κ3) is 3.48. The van der Waals surface area contributed by atoms with Crippen LogP contribution in [-0.4, -0.2) is 36.5 Å². The first-order valence-corrected chi connectivity index (χ1v) is 7.33. The van der Waals surface area contributed by atoms with Gasteiger partial charge in [0, 0.05) is 34.4 Å². The normalized spacial score (nSPS) is 24.2. The van der Waals surface area contributed by atoms with E-state index < -0.39 is 0 Å². The molecule has 1 fully saturated rings. The van der Waals surface area contributed by atoms with Crippen LogP contribution in [0.1, 0.15) is 30.1 Å². The Morgan fingerprint density at radius 2 is 2.26 bits per heavy atom. The van der Waals surface area contributed by atoms with Crippen LogP contribution in [0.25, 0.3) is 0 Å². The second kappa shape index (κ2) is 5.92. The van der Waals surface area contributed by atoms with Gasteiger partial charge < -0.3 is 16.0 Å². The van der Waals surface area contributed by atoms with Gasteiger partial charge in [-0.25, -0.2) is 0 Å². The molecule has 1 heterocycles. The molecule has 3 N–H and O–H groups in total. The second-order valence-corrected chi connectivity index (χ2v) is 6.12. The van der Waals surface area contributed by atoms with Crippen molar-refractivity contribution in [3.8, 4) is 0 Å². The second-order valence-electron chi connectivity index (χ2n) is 5.26. The number of likely N-dealkylation sites (tertiary alicyclic amines) is 1. The van der Waals surface area contributed by atoms with Crippen molar-refractivity contribution in [3.63, 3.8) is 0 Å². The molecule has 0 radical (unpaired) electrons. The smallest absolute Gasteiger partial charge is 0.251 e. The first-order valence-electron chi connectivity index (χ1n) is 6.53. The van der Waals surface area contributed by atoms with Crippen molar-refractivity contribution in [3.05, 3.63) is 28.2 Å². The predicted octanol–water partition coefficient (Wildman–Crippen LogP) is 2.24. The highest BCUT2D eigenvalue weighted by Crippen LogP contribution is 2.21. The summed E-state index contributed by atoms with van der Waals surface area (Å²) >= 11 is 3.35. The number of benzene rings is 1. The standard InChI is InChI=1S/C14H20BrN3O/c1-9-7-11(5-6-18(9)2)17-14(19)10-3-4-13(16)12(15)8-10/h3-4,8-9,11H,5-7,16H2,1-2H3,(H,17,19). The van der Waals surface area contributed by atoms with Gasteiger partial charge >= 0.3 is 0 Å². The Morgan fingerprint density at radius 1 is 1.53 bits per heavy atom. The summed E-state index contributed by atoms with van der Waals surface area (Å²) < 4.78 is 0.761. The van der Waals surface area contributed by atoms with E-state index in [9.17, 15) is 4.79 Å². The Bertz CT molecular complexity index is 478. The minimum Gasteiger partial charge on any atom is -0.398 e. The number of nitrogen functional groups attached to an aromatic ring is 1. The van der Waals surface area contributed by atoms with Crippen molar-refractivity contribution in [2.75, 3.05) is 19.3 Å². The fourth-order valence-electron chi connectivity index (χ4n) is 2.36. The Balaban J connectivity index is 1.99. The molecule has 2 atom stereocenters. The number of anilines is 1. The fraction of sp³-hybridized carbons (Fsp3) is 0.500. The van der Waals surface area contributed by atoms with Crippen LogP contribution in [0.2, 0.25) is 0 Å². The van der Waals surface area contributed by atoms with Crippen molar-refractivity contribution in [2.45, 2.75) is 31.8 Å². The Kier molecular flexibility index (Phi) is 4.47. The number of nitrogens with zero attached hydrogens (tertiary/aromatic N) is 1. The van der Waals surface area contributed by atoms with Gasteiger partial charge in [0.25, 0.3) is 5.91 Å². The van der Waals surface area contributed by atoms with Crippen molar-refractivity contribution < 1.29 is 4.79 Å². The minimum atomic E-state index is -0.0255. The van der Waals surface area contributed by atoms with Crippen LogP contribution >= 0.6 is 15.9 Å². The summed E-state index contributed by atoms with van der Waals surface area (Å²) in [4.78, 5) is 14.5. The molecule has 0 spiro atoms. The summed E-state index contributed by atoms with van der Waals surface area (Å²) in [5, 5.41) is 3.11. The molecule has 0 aromatic heterocycles. The maximum Gasteiger partial charge on any atom is 0.251 e. The highest BCUT2D eigenvalue weighted by Gasteiger charge is 2.24. The number of piperidine rings is 1. The van der Waals surface area contributed by atoms with E-state index in [2.05, 4.69) is 40.1 Å². The zero-order valence-electron chi connectivity index (χ0n) is 11.3. The largest absolute Gasteiger partial charge is 0.398 e. The molecule has 1 aliphatic rings. The van der Waals surface area contributed by atoms with Gasteiger partial charge in [-0.05, 0) is 60.9 Å². The van der Waals surface area contributed by atoms with Gasteiger partial charge in [0.2, 0.25) is 0 Å². The third-order valence-corrected chi connectivity index (χ3v) is 4.49. The summed E-state index contributed by atoms with van der Waals surface area (Å²) in [6.45, 7) is 3.22. The van der Waals surface area contributed by atoms with Crippen LogP contribution < -0.4 is 11.1 Å². The van der Waals surface area contributed by atoms with E-state index >= 15 is 0 Å². The van der Waals surface area contributed by atoms with Gasteiger partial charge in [0.1, 0.15) is 0 Å². The number of rotatable bonds is 2.